The molecule has 2 unspecified atom stereocenters. The number of benzene rings is 2. The quantitative estimate of drug-likeness (QED) is 0.336. The molecule has 2 atom stereocenters. The Bertz CT molecular complexity index is 1040. The average Bonchev–Trinajstić information content (AvgIpc) is 2.78. The molecule has 10 heteroatoms. The van der Waals surface area contributed by atoms with Crippen LogP contribution in [-0.2, 0) is 14.3 Å². The van der Waals surface area contributed by atoms with Crippen LogP contribution in [0.2, 0.25) is 0 Å². The number of nitrogens with one attached hydrogen (secondary N) is 2. The van der Waals surface area contributed by atoms with Crippen LogP contribution in [0.5, 0.6) is 0 Å². The molecule has 0 aliphatic carbocycles. The van der Waals surface area contributed by atoms with Crippen LogP contribution in [0.15, 0.2) is 48.5 Å². The van der Waals surface area contributed by atoms with Crippen molar-refractivity contribution in [3.8, 4) is 0 Å². The third-order valence-corrected chi connectivity index (χ3v) is 4.77. The number of aldehydes is 1. The van der Waals surface area contributed by atoms with E-state index < -0.39 is 34.3 Å². The van der Waals surface area contributed by atoms with Crippen LogP contribution in [0.3, 0.4) is 0 Å². The molecule has 0 spiro atoms. The van der Waals surface area contributed by atoms with Crippen LogP contribution in [-0.4, -0.2) is 48.1 Å². The maximum absolute atomic E-state index is 12.6. The number of rotatable bonds is 9. The van der Waals surface area contributed by atoms with Crippen molar-refractivity contribution in [3.05, 3.63) is 69.8 Å². The number of carbonyl (C=O) groups is 4. The number of hydrogen-bond donors (Lipinski definition) is 2. The van der Waals surface area contributed by atoms with Gasteiger partial charge in [0.15, 0.2) is 5.78 Å². The van der Waals surface area contributed by atoms with Gasteiger partial charge >= 0.3 is 0 Å². The van der Waals surface area contributed by atoms with Crippen molar-refractivity contribution in [3.63, 3.8) is 0 Å². The fourth-order valence-electron chi connectivity index (χ4n) is 2.90. The SMILES string of the molecule is COC(C(=O)C(C)(C)C)C(C=O)NC(=O)c1ccc(NC(=O)c2ccc([N+](=O)[O-])cc2)cc1. The maximum atomic E-state index is 12.6. The highest BCUT2D eigenvalue weighted by atomic mass is 16.6. The lowest BCUT2D eigenvalue weighted by molar-refractivity contribution is -0.384. The minimum Gasteiger partial charge on any atom is -0.371 e. The Morgan fingerprint density at radius 2 is 1.48 bits per heavy atom. The number of methoxy groups -OCH3 is 1. The number of non-ortho nitro benzene ring substituents is 1. The largest absolute Gasteiger partial charge is 0.371 e. The smallest absolute Gasteiger partial charge is 0.269 e. The summed E-state index contributed by atoms with van der Waals surface area (Å²) < 4.78 is 5.17. The zero-order valence-electron chi connectivity index (χ0n) is 18.7. The number of Topliss-reactive ketones (excluding diaryl/α,β-unsaturated/α-hetero) is 1. The highest BCUT2D eigenvalue weighted by Crippen LogP contribution is 2.20. The van der Waals surface area contributed by atoms with Gasteiger partial charge in [0, 0.05) is 41.5 Å². The Kier molecular flexibility index (Phi) is 8.14. The van der Waals surface area contributed by atoms with E-state index in [1.165, 1.54) is 55.6 Å². The minimum atomic E-state index is -1.17. The summed E-state index contributed by atoms with van der Waals surface area (Å²) in [5.41, 5.74) is -0.0792. The van der Waals surface area contributed by atoms with E-state index in [1.807, 2.05) is 0 Å². The summed E-state index contributed by atoms with van der Waals surface area (Å²) in [5, 5.41) is 15.8. The van der Waals surface area contributed by atoms with Crippen LogP contribution in [0.4, 0.5) is 11.4 Å². The van der Waals surface area contributed by atoms with Gasteiger partial charge in [0.2, 0.25) is 0 Å². The molecule has 0 saturated carbocycles. The molecule has 2 rings (SSSR count). The molecule has 33 heavy (non-hydrogen) atoms. The molecule has 0 aromatic heterocycles. The molecule has 0 aliphatic rings. The van der Waals surface area contributed by atoms with Gasteiger partial charge < -0.3 is 20.2 Å². The van der Waals surface area contributed by atoms with Gasteiger partial charge in [0.25, 0.3) is 17.5 Å². The molecule has 2 amide bonds. The summed E-state index contributed by atoms with van der Waals surface area (Å²) in [6, 6.07) is 9.80. The highest BCUT2D eigenvalue weighted by Gasteiger charge is 2.36. The van der Waals surface area contributed by atoms with E-state index in [0.717, 1.165) is 0 Å². The number of anilines is 1. The topological polar surface area (TPSA) is 145 Å². The molecular formula is C23H25N3O7. The van der Waals surface area contributed by atoms with Crippen LogP contribution in [0.25, 0.3) is 0 Å². The van der Waals surface area contributed by atoms with Crippen molar-refractivity contribution in [2.24, 2.45) is 5.41 Å². The maximum Gasteiger partial charge on any atom is 0.269 e. The van der Waals surface area contributed by atoms with Crippen molar-refractivity contribution >= 4 is 35.3 Å². The predicted octanol–water partition coefficient (Wildman–Crippen LogP) is 2.77. The number of carbonyl (C=O) groups excluding carboxylic acids is 4. The normalized spacial score (nSPS) is 12.8. The first kappa shape index (κ1) is 25.3. The zero-order chi connectivity index (χ0) is 24.8. The molecule has 0 heterocycles. The van der Waals surface area contributed by atoms with Gasteiger partial charge in [-0.15, -0.1) is 0 Å². The van der Waals surface area contributed by atoms with E-state index in [-0.39, 0.29) is 22.6 Å². The van der Waals surface area contributed by atoms with Crippen LogP contribution >= 0.6 is 0 Å². The molecule has 0 radical (unpaired) electrons. The fourth-order valence-corrected chi connectivity index (χ4v) is 2.90. The molecule has 2 aromatic rings. The van der Waals surface area contributed by atoms with Gasteiger partial charge in [-0.05, 0) is 36.4 Å². The van der Waals surface area contributed by atoms with Gasteiger partial charge in [-0.3, -0.25) is 24.5 Å². The molecule has 2 aromatic carbocycles. The van der Waals surface area contributed by atoms with Gasteiger partial charge in [-0.2, -0.15) is 0 Å². The van der Waals surface area contributed by atoms with E-state index in [9.17, 15) is 29.3 Å². The summed E-state index contributed by atoms with van der Waals surface area (Å²) >= 11 is 0. The standard InChI is InChI=1S/C23H25N3O7/c1-23(2,3)20(28)19(33-4)18(13-27)25-22(30)14-5-9-16(10-6-14)24-21(29)15-7-11-17(12-8-15)26(31)32/h5-13,18-19H,1-4H3,(H,24,29)(H,25,30). The molecule has 174 valence electrons. The lowest BCUT2D eigenvalue weighted by Gasteiger charge is -2.27. The first-order valence-corrected chi connectivity index (χ1v) is 9.97. The molecular weight excluding hydrogens is 430 g/mol. The monoisotopic (exact) mass is 455 g/mol. The van der Waals surface area contributed by atoms with Crippen molar-refractivity contribution in [2.75, 3.05) is 12.4 Å². The Morgan fingerprint density at radius 3 is 1.94 bits per heavy atom. The minimum absolute atomic E-state index is 0.129. The zero-order valence-corrected chi connectivity index (χ0v) is 18.7. The second kappa shape index (κ2) is 10.6. The highest BCUT2D eigenvalue weighted by molar-refractivity contribution is 6.05. The average molecular weight is 455 g/mol. The van der Waals surface area contributed by atoms with Crippen LogP contribution in [0, 0.1) is 15.5 Å². The molecule has 0 bridgehead atoms. The second-order valence-corrected chi connectivity index (χ2v) is 8.24. The number of nitrogens with zero attached hydrogens (tertiary/aromatic N) is 1. The predicted molar refractivity (Wildman–Crippen MR) is 120 cm³/mol. The number of amides is 2. The summed E-state index contributed by atoms with van der Waals surface area (Å²) in [6.07, 6.45) is -0.680. The van der Waals surface area contributed by atoms with E-state index in [2.05, 4.69) is 10.6 Å². The third kappa shape index (κ3) is 6.53. The van der Waals surface area contributed by atoms with Gasteiger partial charge in [-0.1, -0.05) is 20.8 Å². The van der Waals surface area contributed by atoms with Crippen molar-refractivity contribution in [1.29, 1.82) is 0 Å². The van der Waals surface area contributed by atoms with Crippen LogP contribution in [0.1, 0.15) is 41.5 Å². The Morgan fingerprint density at radius 1 is 0.970 bits per heavy atom. The third-order valence-electron chi connectivity index (χ3n) is 4.77. The summed E-state index contributed by atoms with van der Waals surface area (Å²) in [5.74, 6) is -1.40. The lowest BCUT2D eigenvalue weighted by atomic mass is 9.85. The van der Waals surface area contributed by atoms with E-state index >= 15 is 0 Å². The van der Waals surface area contributed by atoms with E-state index in [1.54, 1.807) is 20.8 Å². The number of nitro benzene ring substituents is 1. The summed E-state index contributed by atoms with van der Waals surface area (Å²) in [4.78, 5) is 59.1. The van der Waals surface area contributed by atoms with Crippen LogP contribution < -0.4 is 10.6 Å². The molecule has 10 nitrogen and oxygen atoms in total. The van der Waals surface area contributed by atoms with Crippen molar-refractivity contribution in [1.82, 2.24) is 5.32 Å². The van der Waals surface area contributed by atoms with Gasteiger partial charge in [0.05, 0.1) is 4.92 Å². The fraction of sp³-hybridized carbons (Fsp3) is 0.304. The summed E-state index contributed by atoms with van der Waals surface area (Å²) in [6.45, 7) is 5.07. The number of hydrogen-bond acceptors (Lipinski definition) is 7. The molecule has 2 N–H and O–H groups in total. The molecule has 0 saturated heterocycles. The van der Waals surface area contributed by atoms with E-state index in [4.69, 9.17) is 4.74 Å². The van der Waals surface area contributed by atoms with Crippen molar-refractivity contribution < 1.29 is 28.8 Å². The van der Waals surface area contributed by atoms with Gasteiger partial charge in [0.1, 0.15) is 18.4 Å². The van der Waals surface area contributed by atoms with Gasteiger partial charge in [-0.25, -0.2) is 0 Å². The number of nitro groups is 1. The van der Waals surface area contributed by atoms with E-state index in [0.29, 0.717) is 12.0 Å². The first-order valence-electron chi connectivity index (χ1n) is 9.97. The number of ketones is 1. The Balaban J connectivity index is 2.06. The second-order valence-electron chi connectivity index (χ2n) is 8.24. The first-order chi connectivity index (χ1) is 15.5. The number of ether oxygens (including phenoxy) is 1. The molecule has 0 fully saturated rings. The van der Waals surface area contributed by atoms with Crippen molar-refractivity contribution in [2.45, 2.75) is 32.9 Å². The Labute approximate surface area is 190 Å². The lowest BCUT2D eigenvalue weighted by Crippen LogP contribution is -2.51. The summed E-state index contributed by atoms with van der Waals surface area (Å²) in [7, 11) is 1.29. The molecule has 0 aliphatic heterocycles. The Hall–Kier alpha value is -3.92.